The van der Waals surface area contributed by atoms with E-state index in [4.69, 9.17) is 4.74 Å². The van der Waals surface area contributed by atoms with E-state index in [9.17, 15) is 8.42 Å². The molecule has 0 saturated heterocycles. The van der Waals surface area contributed by atoms with Crippen LogP contribution >= 0.6 is 0 Å². The molecule has 1 aromatic rings. The van der Waals surface area contributed by atoms with Crippen LogP contribution in [0.4, 0.5) is 5.69 Å². The lowest BCUT2D eigenvalue weighted by Gasteiger charge is -2.27. The number of ether oxygens (including phenoxy) is 1. The van der Waals surface area contributed by atoms with E-state index < -0.39 is 10.0 Å². The molecule has 1 heterocycles. The van der Waals surface area contributed by atoms with E-state index >= 15 is 0 Å². The fourth-order valence-corrected chi connectivity index (χ4v) is 3.36. The van der Waals surface area contributed by atoms with Gasteiger partial charge in [-0.1, -0.05) is 13.8 Å². The summed E-state index contributed by atoms with van der Waals surface area (Å²) in [6.45, 7) is 6.56. The monoisotopic (exact) mass is 298 g/mol. The minimum Gasteiger partial charge on any atom is -0.486 e. The van der Waals surface area contributed by atoms with Gasteiger partial charge in [0.25, 0.3) is 0 Å². The molecule has 0 amide bonds. The topological polar surface area (TPSA) is 67.4 Å². The normalized spacial score (nSPS) is 19.6. The Hall–Kier alpha value is -1.27. The van der Waals surface area contributed by atoms with Crippen molar-refractivity contribution in [1.29, 1.82) is 0 Å². The first kappa shape index (κ1) is 15.1. The standard InChI is InChI=1S/C14H22N2O3S/c1-4-10(3)16-20(17,18)12-6-7-14-13(8-12)15-9-11(5-2)19-14/h6-8,10-11,15-16H,4-5,9H2,1-3H3. The van der Waals surface area contributed by atoms with E-state index in [-0.39, 0.29) is 17.0 Å². The van der Waals surface area contributed by atoms with Crippen molar-refractivity contribution >= 4 is 15.7 Å². The zero-order valence-corrected chi connectivity index (χ0v) is 13.0. The highest BCUT2D eigenvalue weighted by atomic mass is 32.2. The highest BCUT2D eigenvalue weighted by Crippen LogP contribution is 2.32. The van der Waals surface area contributed by atoms with E-state index in [1.807, 2.05) is 13.8 Å². The lowest BCUT2D eigenvalue weighted by atomic mass is 10.2. The number of rotatable bonds is 5. The predicted octanol–water partition coefficient (Wildman–Crippen LogP) is 2.35. The Kier molecular flexibility index (Phi) is 4.55. The van der Waals surface area contributed by atoms with Gasteiger partial charge in [-0.15, -0.1) is 0 Å². The van der Waals surface area contributed by atoms with Crippen molar-refractivity contribution in [3.8, 4) is 5.75 Å². The molecule has 2 unspecified atom stereocenters. The Balaban J connectivity index is 2.24. The van der Waals surface area contributed by atoms with Gasteiger partial charge >= 0.3 is 0 Å². The maximum atomic E-state index is 12.2. The maximum absolute atomic E-state index is 12.2. The molecule has 2 rings (SSSR count). The lowest BCUT2D eigenvalue weighted by molar-refractivity contribution is 0.201. The number of nitrogens with one attached hydrogen (secondary N) is 2. The second-order valence-corrected chi connectivity index (χ2v) is 6.83. The molecule has 0 radical (unpaired) electrons. The first-order valence-corrected chi connectivity index (χ1v) is 8.51. The molecule has 0 fully saturated rings. The summed E-state index contributed by atoms with van der Waals surface area (Å²) in [5, 5.41) is 3.23. The van der Waals surface area contributed by atoms with Gasteiger partial charge in [0.15, 0.2) is 0 Å². The molecule has 0 saturated carbocycles. The first-order chi connectivity index (χ1) is 9.46. The highest BCUT2D eigenvalue weighted by Gasteiger charge is 2.22. The Bertz CT molecular complexity index is 572. The van der Waals surface area contributed by atoms with E-state index in [1.165, 1.54) is 0 Å². The van der Waals surface area contributed by atoms with Crippen molar-refractivity contribution in [2.45, 2.75) is 50.7 Å². The molecule has 2 atom stereocenters. The molecule has 1 aromatic carbocycles. The Labute approximate surface area is 120 Å². The molecule has 0 aromatic heterocycles. The summed E-state index contributed by atoms with van der Waals surface area (Å²) in [6, 6.07) is 4.86. The van der Waals surface area contributed by atoms with Crippen molar-refractivity contribution in [2.24, 2.45) is 0 Å². The average Bonchev–Trinajstić information content (AvgIpc) is 2.45. The fourth-order valence-electron chi connectivity index (χ4n) is 2.01. The summed E-state index contributed by atoms with van der Waals surface area (Å²) < 4.78 is 32.9. The highest BCUT2D eigenvalue weighted by molar-refractivity contribution is 7.89. The molecule has 1 aliphatic rings. The third-order valence-corrected chi connectivity index (χ3v) is 5.09. The van der Waals surface area contributed by atoms with Gasteiger partial charge in [0, 0.05) is 6.04 Å². The van der Waals surface area contributed by atoms with Gasteiger partial charge in [0.05, 0.1) is 17.1 Å². The molecular weight excluding hydrogens is 276 g/mol. The molecule has 6 heteroatoms. The number of benzene rings is 1. The molecule has 0 spiro atoms. The Morgan fingerprint density at radius 3 is 2.85 bits per heavy atom. The summed E-state index contributed by atoms with van der Waals surface area (Å²) in [6.07, 6.45) is 1.81. The van der Waals surface area contributed by atoms with E-state index in [1.54, 1.807) is 18.2 Å². The fraction of sp³-hybridized carbons (Fsp3) is 0.571. The second-order valence-electron chi connectivity index (χ2n) is 5.12. The van der Waals surface area contributed by atoms with Crippen molar-refractivity contribution in [3.63, 3.8) is 0 Å². The van der Waals surface area contributed by atoms with Crippen LogP contribution in [0.2, 0.25) is 0 Å². The van der Waals surface area contributed by atoms with Gasteiger partial charge in [0.1, 0.15) is 11.9 Å². The minimum absolute atomic E-state index is 0.0790. The van der Waals surface area contributed by atoms with Crippen molar-refractivity contribution in [2.75, 3.05) is 11.9 Å². The zero-order valence-electron chi connectivity index (χ0n) is 12.1. The van der Waals surface area contributed by atoms with Crippen LogP contribution in [0.5, 0.6) is 5.75 Å². The van der Waals surface area contributed by atoms with Gasteiger partial charge in [-0.05, 0) is 38.0 Å². The number of anilines is 1. The lowest BCUT2D eigenvalue weighted by Crippen LogP contribution is -2.33. The molecule has 0 aliphatic carbocycles. The molecule has 1 aliphatic heterocycles. The maximum Gasteiger partial charge on any atom is 0.240 e. The van der Waals surface area contributed by atoms with Gasteiger partial charge in [-0.25, -0.2) is 13.1 Å². The second kappa shape index (κ2) is 6.01. The van der Waals surface area contributed by atoms with Gasteiger partial charge < -0.3 is 10.1 Å². The summed E-state index contributed by atoms with van der Waals surface area (Å²) >= 11 is 0. The van der Waals surface area contributed by atoms with Crippen LogP contribution in [0.15, 0.2) is 23.1 Å². The van der Waals surface area contributed by atoms with E-state index in [2.05, 4.69) is 17.0 Å². The van der Waals surface area contributed by atoms with Crippen LogP contribution in [0.25, 0.3) is 0 Å². The Morgan fingerprint density at radius 1 is 1.45 bits per heavy atom. The van der Waals surface area contributed by atoms with Gasteiger partial charge in [0.2, 0.25) is 10.0 Å². The van der Waals surface area contributed by atoms with Gasteiger partial charge in [-0.2, -0.15) is 0 Å². The van der Waals surface area contributed by atoms with Crippen LogP contribution in [-0.2, 0) is 10.0 Å². The van der Waals surface area contributed by atoms with Crippen LogP contribution in [0, 0.1) is 0 Å². The smallest absolute Gasteiger partial charge is 0.240 e. The molecular formula is C14H22N2O3S. The average molecular weight is 298 g/mol. The number of sulfonamides is 1. The third kappa shape index (κ3) is 3.24. The zero-order chi connectivity index (χ0) is 14.8. The number of hydrogen-bond donors (Lipinski definition) is 2. The predicted molar refractivity (Wildman–Crippen MR) is 79.7 cm³/mol. The van der Waals surface area contributed by atoms with Crippen molar-refractivity contribution in [3.05, 3.63) is 18.2 Å². The Morgan fingerprint density at radius 2 is 2.20 bits per heavy atom. The number of hydrogen-bond acceptors (Lipinski definition) is 4. The van der Waals surface area contributed by atoms with Gasteiger partial charge in [-0.3, -0.25) is 0 Å². The molecule has 0 bridgehead atoms. The molecule has 20 heavy (non-hydrogen) atoms. The van der Waals surface area contributed by atoms with E-state index in [0.29, 0.717) is 12.3 Å². The van der Waals surface area contributed by atoms with Crippen LogP contribution < -0.4 is 14.8 Å². The van der Waals surface area contributed by atoms with Crippen LogP contribution in [0.1, 0.15) is 33.6 Å². The first-order valence-electron chi connectivity index (χ1n) is 7.03. The van der Waals surface area contributed by atoms with Crippen molar-refractivity contribution in [1.82, 2.24) is 4.72 Å². The largest absolute Gasteiger partial charge is 0.486 e. The van der Waals surface area contributed by atoms with Crippen molar-refractivity contribution < 1.29 is 13.2 Å². The third-order valence-electron chi connectivity index (χ3n) is 3.50. The van der Waals surface area contributed by atoms with Crippen LogP contribution in [0.3, 0.4) is 0 Å². The minimum atomic E-state index is -3.47. The summed E-state index contributed by atoms with van der Waals surface area (Å²) in [5.41, 5.74) is 0.738. The molecule has 2 N–H and O–H groups in total. The SMILES string of the molecule is CCC(C)NS(=O)(=O)c1ccc2c(c1)NCC(CC)O2. The summed E-state index contributed by atoms with van der Waals surface area (Å²) in [5.74, 6) is 0.714. The number of fused-ring (bicyclic) bond motifs is 1. The molecule has 112 valence electrons. The quantitative estimate of drug-likeness (QED) is 0.875. The van der Waals surface area contributed by atoms with E-state index in [0.717, 1.165) is 18.5 Å². The summed E-state index contributed by atoms with van der Waals surface area (Å²) in [4.78, 5) is 0.266. The summed E-state index contributed by atoms with van der Waals surface area (Å²) in [7, 11) is -3.47. The van der Waals surface area contributed by atoms with Crippen LogP contribution in [-0.4, -0.2) is 27.1 Å². The molecule has 5 nitrogen and oxygen atoms in total.